The summed E-state index contributed by atoms with van der Waals surface area (Å²) in [4.78, 5) is 0. The highest BCUT2D eigenvalue weighted by Crippen LogP contribution is 2.31. The van der Waals surface area contributed by atoms with Crippen LogP contribution in [0, 0.1) is 0 Å². The Balaban J connectivity index is 0.00000212. The van der Waals surface area contributed by atoms with Gasteiger partial charge in [0.2, 0.25) is 0 Å². The zero-order valence-corrected chi connectivity index (χ0v) is 23.5. The van der Waals surface area contributed by atoms with Crippen molar-refractivity contribution >= 4 is 16.4 Å². The highest BCUT2D eigenvalue weighted by atomic mass is 28.4. The van der Waals surface area contributed by atoms with Crippen molar-refractivity contribution in [3.05, 3.63) is 59.7 Å². The van der Waals surface area contributed by atoms with Crippen molar-refractivity contribution in [2.75, 3.05) is 0 Å². The average Bonchev–Trinajstić information content (AvgIpc) is 2.66. The summed E-state index contributed by atoms with van der Waals surface area (Å²) in [7, 11) is -3.40. The Bertz CT molecular complexity index is 673. The highest BCUT2D eigenvalue weighted by molar-refractivity contribution is 6.77. The SMILES string of the molecule is CC.CC.CC(C)(C[Si](C)(C)Cc1ccc(O)cc1)O[Si](C)(C)Cc1ccc(O)cc1. The van der Waals surface area contributed by atoms with Gasteiger partial charge in [0.1, 0.15) is 11.5 Å². The maximum Gasteiger partial charge on any atom is 0.191 e. The van der Waals surface area contributed by atoms with Crippen molar-refractivity contribution in [2.45, 2.75) is 91.5 Å². The van der Waals surface area contributed by atoms with Crippen molar-refractivity contribution < 1.29 is 14.6 Å². The van der Waals surface area contributed by atoms with Crippen LogP contribution in [0.25, 0.3) is 0 Å². The first-order chi connectivity index (χ1) is 14.4. The second-order valence-electron chi connectivity index (χ2n) is 9.65. The van der Waals surface area contributed by atoms with E-state index in [1.54, 1.807) is 24.3 Å². The number of hydrogen-bond acceptors (Lipinski definition) is 3. The number of phenols is 2. The van der Waals surface area contributed by atoms with E-state index in [1.165, 1.54) is 11.1 Å². The average molecular weight is 463 g/mol. The minimum absolute atomic E-state index is 0.153. The molecule has 0 amide bonds. The summed E-state index contributed by atoms with van der Waals surface area (Å²) in [6, 6.07) is 18.2. The molecule has 0 aromatic heterocycles. The van der Waals surface area contributed by atoms with Gasteiger partial charge in [-0.1, -0.05) is 70.6 Å². The largest absolute Gasteiger partial charge is 0.508 e. The van der Waals surface area contributed by atoms with Crippen molar-refractivity contribution in [3.8, 4) is 11.5 Å². The maximum atomic E-state index is 9.49. The first-order valence-corrected chi connectivity index (χ1v) is 18.1. The molecule has 0 unspecified atom stereocenters. The number of aromatic hydroxyl groups is 2. The van der Waals surface area contributed by atoms with Crippen LogP contribution in [0.2, 0.25) is 32.2 Å². The molecule has 2 rings (SSSR count). The summed E-state index contributed by atoms with van der Waals surface area (Å²) in [6.45, 7) is 21.8. The van der Waals surface area contributed by atoms with Gasteiger partial charge in [-0.05, 0) is 74.9 Å². The van der Waals surface area contributed by atoms with Crippen molar-refractivity contribution in [2.24, 2.45) is 0 Å². The fourth-order valence-electron chi connectivity index (χ4n) is 4.31. The van der Waals surface area contributed by atoms with Crippen LogP contribution < -0.4 is 0 Å². The normalized spacial score (nSPS) is 11.7. The van der Waals surface area contributed by atoms with Gasteiger partial charge in [-0.25, -0.2) is 0 Å². The Morgan fingerprint density at radius 1 is 0.677 bits per heavy atom. The van der Waals surface area contributed by atoms with Gasteiger partial charge in [-0.15, -0.1) is 0 Å². The van der Waals surface area contributed by atoms with E-state index in [1.807, 2.05) is 52.0 Å². The Morgan fingerprint density at radius 2 is 1.03 bits per heavy atom. The van der Waals surface area contributed by atoms with Crippen LogP contribution in [-0.2, 0) is 16.5 Å². The predicted octanol–water partition coefficient (Wildman–Crippen LogP) is 7.72. The molecule has 2 aromatic rings. The number of rotatable bonds is 8. The minimum atomic E-state index is -1.89. The third-order valence-corrected chi connectivity index (χ3v) is 10.2. The molecule has 0 aliphatic heterocycles. The molecule has 5 heteroatoms. The van der Waals surface area contributed by atoms with E-state index < -0.39 is 16.4 Å². The summed E-state index contributed by atoms with van der Waals surface area (Å²) in [5.41, 5.74) is 2.36. The van der Waals surface area contributed by atoms with Crippen LogP contribution in [0.4, 0.5) is 0 Å². The molecule has 176 valence electrons. The van der Waals surface area contributed by atoms with Crippen molar-refractivity contribution in [1.82, 2.24) is 0 Å². The van der Waals surface area contributed by atoms with E-state index in [2.05, 4.69) is 40.0 Å². The second-order valence-corrected chi connectivity index (χ2v) is 18.8. The molecule has 2 aromatic carbocycles. The lowest BCUT2D eigenvalue weighted by molar-refractivity contribution is 0.118. The molecule has 0 heterocycles. The molecule has 2 N–H and O–H groups in total. The van der Waals surface area contributed by atoms with Crippen LogP contribution in [0.3, 0.4) is 0 Å². The summed E-state index contributed by atoms with van der Waals surface area (Å²) in [5, 5.41) is 19.0. The topological polar surface area (TPSA) is 49.7 Å². The van der Waals surface area contributed by atoms with Crippen molar-refractivity contribution in [1.29, 1.82) is 0 Å². The predicted molar refractivity (Wildman–Crippen MR) is 141 cm³/mol. The monoisotopic (exact) mass is 462 g/mol. The molecule has 0 aliphatic carbocycles. The summed E-state index contributed by atoms with van der Waals surface area (Å²) < 4.78 is 6.72. The highest BCUT2D eigenvalue weighted by Gasteiger charge is 2.36. The third kappa shape index (κ3) is 12.2. The molecule has 3 nitrogen and oxygen atoms in total. The van der Waals surface area contributed by atoms with E-state index in [0.29, 0.717) is 11.5 Å². The Hall–Kier alpha value is -1.57. The molecule has 0 fully saturated rings. The molecule has 0 saturated carbocycles. The summed E-state index contributed by atoms with van der Waals surface area (Å²) in [6.07, 6.45) is 0. The third-order valence-electron chi connectivity index (χ3n) is 4.64. The van der Waals surface area contributed by atoms with Crippen LogP contribution in [0.15, 0.2) is 48.5 Å². The van der Waals surface area contributed by atoms with Gasteiger partial charge >= 0.3 is 0 Å². The first-order valence-electron chi connectivity index (χ1n) is 11.6. The molecule has 0 aliphatic rings. The van der Waals surface area contributed by atoms with Gasteiger partial charge in [-0.2, -0.15) is 0 Å². The van der Waals surface area contributed by atoms with E-state index in [0.717, 1.165) is 18.1 Å². The molecule has 0 saturated heterocycles. The number of benzene rings is 2. The lowest BCUT2D eigenvalue weighted by Gasteiger charge is -2.40. The molecule has 0 spiro atoms. The maximum absolute atomic E-state index is 9.49. The molecule has 0 bridgehead atoms. The molecule has 0 atom stereocenters. The Morgan fingerprint density at radius 3 is 1.42 bits per heavy atom. The number of hydrogen-bond donors (Lipinski definition) is 2. The van der Waals surface area contributed by atoms with Gasteiger partial charge in [-0.3, -0.25) is 0 Å². The molecular formula is C26H46O3Si2. The van der Waals surface area contributed by atoms with E-state index in [9.17, 15) is 10.2 Å². The van der Waals surface area contributed by atoms with E-state index in [-0.39, 0.29) is 5.60 Å². The van der Waals surface area contributed by atoms with Crippen molar-refractivity contribution in [3.63, 3.8) is 0 Å². The fourth-order valence-corrected chi connectivity index (χ4v) is 11.2. The van der Waals surface area contributed by atoms with Crippen LogP contribution >= 0.6 is 0 Å². The Kier molecular flexibility index (Phi) is 12.4. The quantitative estimate of drug-likeness (QED) is 0.395. The van der Waals surface area contributed by atoms with Gasteiger partial charge in [0.15, 0.2) is 8.32 Å². The second kappa shape index (κ2) is 13.1. The zero-order chi connectivity index (χ0) is 24.3. The standard InChI is InChI=1S/C22H34O3Si2.2C2H6/c1-22(2,17-26(3,4)15-18-7-11-20(23)12-8-18)25-27(5,6)16-19-9-13-21(24)14-10-19;2*1-2/h7-14,23-24H,15-17H2,1-6H3;2*1-2H3. The lowest BCUT2D eigenvalue weighted by atomic mass is 10.2. The van der Waals surface area contributed by atoms with Crippen LogP contribution in [0.5, 0.6) is 11.5 Å². The zero-order valence-electron chi connectivity index (χ0n) is 21.5. The van der Waals surface area contributed by atoms with Gasteiger partial charge in [0.05, 0.1) is 8.07 Å². The summed E-state index contributed by atoms with van der Waals surface area (Å²) in [5.74, 6) is 0.630. The molecule has 31 heavy (non-hydrogen) atoms. The minimum Gasteiger partial charge on any atom is -0.508 e. The van der Waals surface area contributed by atoms with Gasteiger partial charge in [0, 0.05) is 5.60 Å². The van der Waals surface area contributed by atoms with E-state index in [4.69, 9.17) is 4.43 Å². The van der Waals surface area contributed by atoms with Gasteiger partial charge in [0.25, 0.3) is 0 Å². The van der Waals surface area contributed by atoms with Crippen LogP contribution in [-0.4, -0.2) is 32.2 Å². The van der Waals surface area contributed by atoms with Gasteiger partial charge < -0.3 is 14.6 Å². The smallest absolute Gasteiger partial charge is 0.191 e. The summed E-state index contributed by atoms with van der Waals surface area (Å²) >= 11 is 0. The number of phenolic OH excluding ortho intramolecular Hbond substituents is 2. The first kappa shape index (κ1) is 29.4. The molecule has 0 radical (unpaired) electrons. The lowest BCUT2D eigenvalue weighted by Crippen LogP contribution is -2.47. The Labute approximate surface area is 193 Å². The fraction of sp³-hybridized carbons (Fsp3) is 0.538. The van der Waals surface area contributed by atoms with Crippen LogP contribution in [0.1, 0.15) is 52.7 Å². The molecular weight excluding hydrogens is 416 g/mol. The van der Waals surface area contributed by atoms with E-state index >= 15 is 0 Å².